The highest BCUT2D eigenvalue weighted by Gasteiger charge is 2.12. The first-order valence-corrected chi connectivity index (χ1v) is 7.04. The third-order valence-electron chi connectivity index (χ3n) is 3.42. The summed E-state index contributed by atoms with van der Waals surface area (Å²) in [7, 11) is 2.11. The van der Waals surface area contributed by atoms with Gasteiger partial charge in [-0.25, -0.2) is 0 Å². The molecule has 0 radical (unpaired) electrons. The second kappa shape index (κ2) is 6.37. The molecule has 0 aliphatic carbocycles. The van der Waals surface area contributed by atoms with E-state index in [1.807, 2.05) is 42.6 Å². The molecule has 0 amide bonds. The van der Waals surface area contributed by atoms with Crippen molar-refractivity contribution in [2.45, 2.75) is 13.1 Å². The second-order valence-electron chi connectivity index (χ2n) is 5.20. The molecule has 0 aliphatic heterocycles. The fraction of sp³-hybridized carbons (Fsp3) is 0.167. The first-order valence-electron chi connectivity index (χ1n) is 7.04. The van der Waals surface area contributed by atoms with E-state index in [1.165, 1.54) is 5.56 Å². The minimum Gasteiger partial charge on any atom is -0.356 e. The third-order valence-corrected chi connectivity index (χ3v) is 3.42. The summed E-state index contributed by atoms with van der Waals surface area (Å²) < 4.78 is 5.43. The van der Waals surface area contributed by atoms with Crippen LogP contribution in [0.25, 0.3) is 11.3 Å². The van der Waals surface area contributed by atoms with Gasteiger partial charge in [-0.3, -0.25) is 4.90 Å². The molecule has 3 nitrogen and oxygen atoms in total. The van der Waals surface area contributed by atoms with Gasteiger partial charge in [-0.15, -0.1) is 0 Å². The Kier molecular flexibility index (Phi) is 4.12. The van der Waals surface area contributed by atoms with Crippen LogP contribution in [0.5, 0.6) is 0 Å². The van der Waals surface area contributed by atoms with Crippen molar-refractivity contribution >= 4 is 0 Å². The lowest BCUT2D eigenvalue weighted by Gasteiger charge is -2.16. The van der Waals surface area contributed by atoms with Crippen molar-refractivity contribution < 1.29 is 4.52 Å². The van der Waals surface area contributed by atoms with Crippen LogP contribution in [0.4, 0.5) is 0 Å². The third kappa shape index (κ3) is 3.38. The molecule has 21 heavy (non-hydrogen) atoms. The Morgan fingerprint density at radius 2 is 1.57 bits per heavy atom. The second-order valence-corrected chi connectivity index (χ2v) is 5.20. The average molecular weight is 278 g/mol. The van der Waals surface area contributed by atoms with E-state index in [9.17, 15) is 0 Å². The predicted octanol–water partition coefficient (Wildman–Crippen LogP) is 3.97. The highest BCUT2D eigenvalue weighted by molar-refractivity contribution is 5.60. The van der Waals surface area contributed by atoms with E-state index in [0.29, 0.717) is 0 Å². The van der Waals surface area contributed by atoms with Crippen molar-refractivity contribution in [1.82, 2.24) is 10.1 Å². The summed E-state index contributed by atoms with van der Waals surface area (Å²) in [4.78, 5) is 2.26. The van der Waals surface area contributed by atoms with Crippen LogP contribution in [0.15, 0.2) is 71.4 Å². The highest BCUT2D eigenvalue weighted by Crippen LogP contribution is 2.24. The summed E-state index contributed by atoms with van der Waals surface area (Å²) in [5, 5.41) is 3.96. The maximum absolute atomic E-state index is 5.43. The average Bonchev–Trinajstić information content (AvgIpc) is 2.97. The number of nitrogens with zero attached hydrogens (tertiary/aromatic N) is 2. The van der Waals surface area contributed by atoms with Crippen LogP contribution in [0, 0.1) is 0 Å². The van der Waals surface area contributed by atoms with Crippen LogP contribution < -0.4 is 0 Å². The zero-order valence-electron chi connectivity index (χ0n) is 12.1. The van der Waals surface area contributed by atoms with Crippen molar-refractivity contribution in [2.24, 2.45) is 0 Å². The van der Waals surface area contributed by atoms with Gasteiger partial charge in [0.2, 0.25) is 0 Å². The molecule has 0 aliphatic rings. The van der Waals surface area contributed by atoms with Gasteiger partial charge in [0.25, 0.3) is 0 Å². The van der Waals surface area contributed by atoms with E-state index < -0.39 is 0 Å². The molecule has 3 rings (SSSR count). The summed E-state index contributed by atoms with van der Waals surface area (Å²) in [6.45, 7) is 1.71. The van der Waals surface area contributed by atoms with Crippen LogP contribution in [-0.4, -0.2) is 17.1 Å². The van der Waals surface area contributed by atoms with Crippen molar-refractivity contribution in [3.63, 3.8) is 0 Å². The van der Waals surface area contributed by atoms with Crippen LogP contribution in [0.3, 0.4) is 0 Å². The Bertz CT molecular complexity index is 677. The largest absolute Gasteiger partial charge is 0.356 e. The monoisotopic (exact) mass is 278 g/mol. The molecule has 3 aromatic rings. The number of hydrogen-bond donors (Lipinski definition) is 0. The van der Waals surface area contributed by atoms with Crippen molar-refractivity contribution in [3.8, 4) is 11.3 Å². The summed E-state index contributed by atoms with van der Waals surface area (Å²) in [6, 6.07) is 20.6. The van der Waals surface area contributed by atoms with Gasteiger partial charge in [-0.1, -0.05) is 65.8 Å². The van der Waals surface area contributed by atoms with Gasteiger partial charge in [-0.05, 0) is 12.6 Å². The van der Waals surface area contributed by atoms with Crippen molar-refractivity contribution in [2.75, 3.05) is 7.05 Å². The Morgan fingerprint density at radius 3 is 2.29 bits per heavy atom. The Labute approximate surface area is 124 Å². The number of rotatable bonds is 5. The molecule has 0 spiro atoms. The molecular weight excluding hydrogens is 260 g/mol. The van der Waals surface area contributed by atoms with Gasteiger partial charge in [0, 0.05) is 24.2 Å². The van der Waals surface area contributed by atoms with E-state index in [1.54, 1.807) is 0 Å². The Balaban J connectivity index is 1.73. The fourth-order valence-corrected chi connectivity index (χ4v) is 2.44. The van der Waals surface area contributed by atoms with Crippen molar-refractivity contribution in [3.05, 3.63) is 78.0 Å². The number of aromatic nitrogens is 1. The van der Waals surface area contributed by atoms with Gasteiger partial charge < -0.3 is 4.52 Å². The van der Waals surface area contributed by atoms with Crippen LogP contribution in [0.2, 0.25) is 0 Å². The Hall–Kier alpha value is -2.39. The van der Waals surface area contributed by atoms with Crippen LogP contribution in [-0.2, 0) is 13.1 Å². The fourth-order valence-electron chi connectivity index (χ4n) is 2.44. The van der Waals surface area contributed by atoms with Crippen LogP contribution in [0.1, 0.15) is 11.1 Å². The quantitative estimate of drug-likeness (QED) is 0.707. The summed E-state index contributed by atoms with van der Waals surface area (Å²) in [5.74, 6) is 0.857. The van der Waals surface area contributed by atoms with E-state index in [0.717, 1.165) is 30.0 Å². The molecule has 0 bridgehead atoms. The predicted molar refractivity (Wildman–Crippen MR) is 83.6 cm³/mol. The van der Waals surface area contributed by atoms with Gasteiger partial charge in [0.05, 0.1) is 6.20 Å². The number of hydrogen-bond acceptors (Lipinski definition) is 3. The Morgan fingerprint density at radius 1 is 0.905 bits per heavy atom. The first kappa shape index (κ1) is 13.6. The van der Waals surface area contributed by atoms with E-state index in [4.69, 9.17) is 4.52 Å². The molecule has 106 valence electrons. The van der Waals surface area contributed by atoms with Gasteiger partial charge in [0.15, 0.2) is 5.76 Å². The van der Waals surface area contributed by atoms with Gasteiger partial charge in [-0.2, -0.15) is 0 Å². The smallest absolute Gasteiger partial charge is 0.171 e. The standard InChI is InChI=1S/C18H18N2O/c1-20(13-15-8-4-2-5-9-15)14-17-12-19-21-18(17)16-10-6-3-7-11-16/h2-12H,13-14H2,1H3. The summed E-state index contributed by atoms with van der Waals surface area (Å²) in [5.41, 5.74) is 3.48. The highest BCUT2D eigenvalue weighted by atomic mass is 16.5. The minimum absolute atomic E-state index is 0.808. The first-order chi connectivity index (χ1) is 10.3. The lowest BCUT2D eigenvalue weighted by molar-refractivity contribution is 0.318. The van der Waals surface area contributed by atoms with E-state index in [-0.39, 0.29) is 0 Å². The SMILES string of the molecule is CN(Cc1ccccc1)Cc1cnoc1-c1ccccc1. The molecule has 0 saturated carbocycles. The topological polar surface area (TPSA) is 29.3 Å². The zero-order valence-corrected chi connectivity index (χ0v) is 12.1. The van der Waals surface area contributed by atoms with Gasteiger partial charge in [0.1, 0.15) is 0 Å². The number of benzene rings is 2. The maximum Gasteiger partial charge on any atom is 0.171 e. The molecule has 1 heterocycles. The molecule has 0 unspecified atom stereocenters. The van der Waals surface area contributed by atoms with E-state index >= 15 is 0 Å². The van der Waals surface area contributed by atoms with Gasteiger partial charge >= 0.3 is 0 Å². The summed E-state index contributed by atoms with van der Waals surface area (Å²) >= 11 is 0. The van der Waals surface area contributed by atoms with E-state index in [2.05, 4.69) is 41.4 Å². The maximum atomic E-state index is 5.43. The zero-order chi connectivity index (χ0) is 14.5. The normalized spacial score (nSPS) is 11.0. The van der Waals surface area contributed by atoms with Crippen LogP contribution >= 0.6 is 0 Å². The molecule has 1 aromatic heterocycles. The molecule has 0 atom stereocenters. The molecule has 0 fully saturated rings. The minimum atomic E-state index is 0.808. The molecule has 0 saturated heterocycles. The lowest BCUT2D eigenvalue weighted by Crippen LogP contribution is -2.17. The summed E-state index contributed by atoms with van der Waals surface area (Å²) in [6.07, 6.45) is 1.81. The molecular formula is C18H18N2O. The lowest BCUT2D eigenvalue weighted by atomic mass is 10.1. The van der Waals surface area contributed by atoms with Crippen molar-refractivity contribution in [1.29, 1.82) is 0 Å². The molecule has 2 aromatic carbocycles. The molecule has 0 N–H and O–H groups in total. The molecule has 3 heteroatoms.